The fourth-order valence-corrected chi connectivity index (χ4v) is 3.20. The molecule has 0 radical (unpaired) electrons. The molecule has 1 aliphatic heterocycles. The Morgan fingerprint density at radius 3 is 2.27 bits per heavy atom. The fraction of sp³-hybridized carbons (Fsp3) is 1.00. The summed E-state index contributed by atoms with van der Waals surface area (Å²) < 4.78 is 0. The first kappa shape index (κ1) is 6.47. The molecule has 2 saturated carbocycles. The molecule has 3 aliphatic rings. The van der Waals surface area contributed by atoms with Crippen molar-refractivity contribution in [1.29, 1.82) is 0 Å². The summed E-state index contributed by atoms with van der Waals surface area (Å²) in [5.41, 5.74) is 0. The molecule has 2 aliphatic carbocycles. The van der Waals surface area contributed by atoms with Crippen LogP contribution >= 0.6 is 0 Å². The summed E-state index contributed by atoms with van der Waals surface area (Å²) >= 11 is 0. The lowest BCUT2D eigenvalue weighted by molar-refractivity contribution is 0.367. The van der Waals surface area contributed by atoms with Crippen LogP contribution in [0, 0.1) is 17.8 Å². The van der Waals surface area contributed by atoms with Gasteiger partial charge in [-0.1, -0.05) is 0 Å². The van der Waals surface area contributed by atoms with Crippen LogP contribution in [-0.2, 0) is 0 Å². The third kappa shape index (κ3) is 1.01. The van der Waals surface area contributed by atoms with Crippen LogP contribution in [0.4, 0.5) is 0 Å². The topological polar surface area (TPSA) is 12.0 Å². The molecule has 3 unspecified atom stereocenters. The van der Waals surface area contributed by atoms with E-state index >= 15 is 0 Å². The average Bonchev–Trinajstić information content (AvgIpc) is 2.60. The summed E-state index contributed by atoms with van der Waals surface area (Å²) in [5.74, 6) is 3.41. The van der Waals surface area contributed by atoms with E-state index in [0.29, 0.717) is 0 Å². The van der Waals surface area contributed by atoms with Gasteiger partial charge in [0.2, 0.25) is 0 Å². The lowest BCUT2D eigenvalue weighted by Gasteiger charge is -2.19. The van der Waals surface area contributed by atoms with Crippen LogP contribution in [0.3, 0.4) is 0 Å². The van der Waals surface area contributed by atoms with Crippen molar-refractivity contribution in [3.63, 3.8) is 0 Å². The van der Waals surface area contributed by atoms with Crippen molar-refractivity contribution in [2.75, 3.05) is 6.54 Å². The highest BCUT2D eigenvalue weighted by molar-refractivity contribution is 5.00. The Bertz CT molecular complexity index is 150. The molecule has 1 heteroatoms. The highest BCUT2D eigenvalue weighted by atomic mass is 14.9. The fourth-order valence-electron chi connectivity index (χ4n) is 3.20. The van der Waals surface area contributed by atoms with Crippen molar-refractivity contribution in [3.8, 4) is 0 Å². The maximum Gasteiger partial charge on any atom is 0.00960 e. The Hall–Kier alpha value is -0.0400. The number of hydrogen-bond acceptors (Lipinski definition) is 1. The van der Waals surface area contributed by atoms with Crippen LogP contribution in [0.2, 0.25) is 0 Å². The first-order chi connectivity index (χ1) is 5.43. The van der Waals surface area contributed by atoms with Gasteiger partial charge in [-0.2, -0.15) is 0 Å². The second-order valence-electron chi connectivity index (χ2n) is 4.69. The van der Waals surface area contributed by atoms with Gasteiger partial charge in [-0.3, -0.25) is 0 Å². The lowest BCUT2D eigenvalue weighted by Crippen LogP contribution is -2.29. The molecule has 0 amide bonds. The van der Waals surface area contributed by atoms with Crippen molar-refractivity contribution in [2.45, 2.75) is 38.1 Å². The zero-order valence-electron chi connectivity index (χ0n) is 7.05. The second-order valence-corrected chi connectivity index (χ2v) is 4.69. The maximum atomic E-state index is 3.64. The highest BCUT2D eigenvalue weighted by Crippen LogP contribution is 2.55. The molecule has 0 spiro atoms. The summed E-state index contributed by atoms with van der Waals surface area (Å²) in [4.78, 5) is 0. The van der Waals surface area contributed by atoms with E-state index in [1.165, 1.54) is 31.2 Å². The van der Waals surface area contributed by atoms with Crippen LogP contribution in [0.1, 0.15) is 32.1 Å². The zero-order valence-corrected chi connectivity index (χ0v) is 7.05. The van der Waals surface area contributed by atoms with Gasteiger partial charge in [-0.15, -0.1) is 0 Å². The molecule has 3 atom stereocenters. The molecule has 11 heavy (non-hydrogen) atoms. The van der Waals surface area contributed by atoms with Crippen LogP contribution in [-0.4, -0.2) is 12.6 Å². The third-order valence-corrected chi connectivity index (χ3v) is 3.95. The second kappa shape index (κ2) is 2.22. The van der Waals surface area contributed by atoms with Gasteiger partial charge in [0.05, 0.1) is 0 Å². The van der Waals surface area contributed by atoms with E-state index in [-0.39, 0.29) is 0 Å². The lowest BCUT2D eigenvalue weighted by atomic mass is 9.93. The Balaban J connectivity index is 1.62. The molecule has 0 aromatic heterocycles. The Kier molecular flexibility index (Phi) is 1.31. The van der Waals surface area contributed by atoms with Crippen LogP contribution in [0.15, 0.2) is 0 Å². The largest absolute Gasteiger partial charge is 0.314 e. The van der Waals surface area contributed by atoms with Crippen molar-refractivity contribution in [2.24, 2.45) is 17.8 Å². The van der Waals surface area contributed by atoms with Crippen molar-refractivity contribution in [3.05, 3.63) is 0 Å². The van der Waals surface area contributed by atoms with Gasteiger partial charge in [0.1, 0.15) is 0 Å². The van der Waals surface area contributed by atoms with E-state index in [0.717, 1.165) is 12.0 Å². The average molecular weight is 151 g/mol. The zero-order chi connectivity index (χ0) is 7.26. The molecule has 1 nitrogen and oxygen atoms in total. The number of nitrogens with one attached hydrogen (secondary N) is 1. The molecular formula is C10H17N. The quantitative estimate of drug-likeness (QED) is 0.602. The normalized spacial score (nSPS) is 54.5. The molecule has 1 N–H and O–H groups in total. The minimum atomic E-state index is 0.919. The van der Waals surface area contributed by atoms with E-state index in [9.17, 15) is 0 Å². The minimum absolute atomic E-state index is 0.919. The van der Waals surface area contributed by atoms with E-state index in [1.807, 2.05) is 0 Å². The van der Waals surface area contributed by atoms with Gasteiger partial charge in [-0.25, -0.2) is 0 Å². The highest BCUT2D eigenvalue weighted by Gasteiger charge is 2.47. The molecule has 0 aromatic rings. The molecule has 3 rings (SSSR count). The van der Waals surface area contributed by atoms with Gasteiger partial charge in [0.25, 0.3) is 0 Å². The summed E-state index contributed by atoms with van der Waals surface area (Å²) in [6.07, 6.45) is 7.58. The maximum absolute atomic E-state index is 3.64. The van der Waals surface area contributed by atoms with Gasteiger partial charge < -0.3 is 5.32 Å². The third-order valence-electron chi connectivity index (χ3n) is 3.95. The summed E-state index contributed by atoms with van der Waals surface area (Å²) in [7, 11) is 0. The molecule has 62 valence electrons. The molecule has 1 heterocycles. The van der Waals surface area contributed by atoms with Gasteiger partial charge >= 0.3 is 0 Å². The van der Waals surface area contributed by atoms with Crippen LogP contribution in [0.5, 0.6) is 0 Å². The van der Waals surface area contributed by atoms with E-state index < -0.39 is 0 Å². The van der Waals surface area contributed by atoms with E-state index in [2.05, 4.69) is 5.32 Å². The van der Waals surface area contributed by atoms with Gasteiger partial charge in [0.15, 0.2) is 0 Å². The number of rotatable bonds is 1. The van der Waals surface area contributed by atoms with Crippen LogP contribution in [0.25, 0.3) is 0 Å². The number of hydrogen-bond donors (Lipinski definition) is 1. The molecule has 0 bridgehead atoms. The molecule has 0 aromatic carbocycles. The van der Waals surface area contributed by atoms with Gasteiger partial charge in [0, 0.05) is 6.04 Å². The van der Waals surface area contributed by atoms with E-state index in [4.69, 9.17) is 0 Å². The summed E-state index contributed by atoms with van der Waals surface area (Å²) in [6, 6.07) is 0.919. The monoisotopic (exact) mass is 151 g/mol. The molecular weight excluding hydrogens is 134 g/mol. The van der Waals surface area contributed by atoms with Crippen molar-refractivity contribution < 1.29 is 0 Å². The predicted octanol–water partition coefficient (Wildman–Crippen LogP) is 1.78. The van der Waals surface area contributed by atoms with Crippen molar-refractivity contribution in [1.82, 2.24) is 5.32 Å². The van der Waals surface area contributed by atoms with Crippen molar-refractivity contribution >= 4 is 0 Å². The Labute approximate surface area is 68.6 Å². The summed E-state index contributed by atoms with van der Waals surface area (Å²) in [5, 5.41) is 3.64. The summed E-state index contributed by atoms with van der Waals surface area (Å²) in [6.45, 7) is 1.29. The minimum Gasteiger partial charge on any atom is -0.314 e. The standard InChI is InChI=1S/C10H17N/c1-2-10(11-3-1)9-5-7-4-8(7)6-9/h7-11H,1-6H2. The Morgan fingerprint density at radius 1 is 0.909 bits per heavy atom. The SMILES string of the molecule is C1CNC(C2CC3CC3C2)C1. The van der Waals surface area contributed by atoms with E-state index in [1.54, 1.807) is 19.3 Å². The Morgan fingerprint density at radius 2 is 1.64 bits per heavy atom. The van der Waals surface area contributed by atoms with Gasteiger partial charge in [-0.05, 0) is 56.4 Å². The molecule has 1 saturated heterocycles. The van der Waals surface area contributed by atoms with Crippen LogP contribution < -0.4 is 5.32 Å². The number of fused-ring (bicyclic) bond motifs is 1. The first-order valence-corrected chi connectivity index (χ1v) is 5.17. The smallest absolute Gasteiger partial charge is 0.00960 e. The first-order valence-electron chi connectivity index (χ1n) is 5.17. The predicted molar refractivity (Wildman–Crippen MR) is 45.3 cm³/mol. The molecule has 3 fully saturated rings.